The van der Waals surface area contributed by atoms with Gasteiger partial charge in [0.2, 0.25) is 5.78 Å². The average molecular weight is 472 g/mol. The summed E-state index contributed by atoms with van der Waals surface area (Å²) >= 11 is 0. The summed E-state index contributed by atoms with van der Waals surface area (Å²) in [5.74, 6) is -0.346. The van der Waals surface area contributed by atoms with Crippen LogP contribution in [0, 0.1) is 0 Å². The molecule has 8 heteroatoms. The molecule has 0 spiro atoms. The first-order chi connectivity index (χ1) is 17.0. The molecular weight excluding hydrogens is 448 g/mol. The van der Waals surface area contributed by atoms with E-state index in [2.05, 4.69) is 4.98 Å². The average Bonchev–Trinajstić information content (AvgIpc) is 3.62. The molecule has 1 unspecified atom stereocenters. The molecule has 1 aliphatic rings. The van der Waals surface area contributed by atoms with Gasteiger partial charge >= 0.3 is 0 Å². The second kappa shape index (κ2) is 9.06. The topological polar surface area (TPSA) is 105 Å². The van der Waals surface area contributed by atoms with Crippen molar-refractivity contribution in [2.45, 2.75) is 12.5 Å². The summed E-state index contributed by atoms with van der Waals surface area (Å²) in [6, 6.07) is 15.2. The first-order valence-electron chi connectivity index (χ1n) is 11.1. The number of nitrogens with one attached hydrogen (secondary N) is 1. The van der Waals surface area contributed by atoms with Crippen LogP contribution >= 0.6 is 0 Å². The summed E-state index contributed by atoms with van der Waals surface area (Å²) in [7, 11) is 3.16. The maximum absolute atomic E-state index is 13.3. The second-order valence-corrected chi connectivity index (χ2v) is 8.22. The van der Waals surface area contributed by atoms with Crippen molar-refractivity contribution < 1.29 is 28.6 Å². The molecule has 0 saturated heterocycles. The van der Waals surface area contributed by atoms with Crippen LogP contribution in [0.5, 0.6) is 11.5 Å². The van der Waals surface area contributed by atoms with E-state index in [1.807, 2.05) is 24.4 Å². The summed E-state index contributed by atoms with van der Waals surface area (Å²) in [5.41, 5.74) is 2.57. The van der Waals surface area contributed by atoms with Crippen LogP contribution < -0.4 is 9.47 Å². The van der Waals surface area contributed by atoms with E-state index >= 15 is 0 Å². The van der Waals surface area contributed by atoms with E-state index in [1.165, 1.54) is 17.2 Å². The van der Waals surface area contributed by atoms with Crippen LogP contribution in [0.4, 0.5) is 0 Å². The highest BCUT2D eigenvalue weighted by molar-refractivity contribution is 6.15. The van der Waals surface area contributed by atoms with E-state index in [4.69, 9.17) is 13.9 Å². The van der Waals surface area contributed by atoms with Crippen molar-refractivity contribution in [3.63, 3.8) is 0 Å². The highest BCUT2D eigenvalue weighted by Crippen LogP contribution is 2.40. The lowest BCUT2D eigenvalue weighted by atomic mass is 9.94. The zero-order chi connectivity index (χ0) is 24.5. The predicted octanol–water partition coefficient (Wildman–Crippen LogP) is 4.60. The minimum atomic E-state index is -0.796. The van der Waals surface area contributed by atoms with Crippen molar-refractivity contribution in [1.82, 2.24) is 9.88 Å². The third kappa shape index (κ3) is 3.93. The van der Waals surface area contributed by atoms with Gasteiger partial charge in [-0.2, -0.15) is 0 Å². The van der Waals surface area contributed by atoms with E-state index in [0.29, 0.717) is 17.7 Å². The maximum atomic E-state index is 13.3. The van der Waals surface area contributed by atoms with E-state index in [9.17, 15) is 14.7 Å². The van der Waals surface area contributed by atoms with Crippen LogP contribution in [-0.2, 0) is 11.2 Å². The summed E-state index contributed by atoms with van der Waals surface area (Å²) in [6.45, 7) is 0.268. The molecule has 5 rings (SSSR count). The molecule has 8 nitrogen and oxygen atoms in total. The molecule has 2 aromatic heterocycles. The quantitative estimate of drug-likeness (QED) is 0.363. The molecule has 1 atom stereocenters. The number of aromatic amines is 1. The summed E-state index contributed by atoms with van der Waals surface area (Å²) < 4.78 is 16.0. The number of methoxy groups -OCH3 is 2. The molecule has 4 aromatic rings. The normalized spacial score (nSPS) is 15.8. The Morgan fingerprint density at radius 3 is 2.63 bits per heavy atom. The third-order valence-electron chi connectivity index (χ3n) is 6.30. The van der Waals surface area contributed by atoms with Crippen LogP contribution in [-0.4, -0.2) is 47.4 Å². The Balaban J connectivity index is 1.52. The fourth-order valence-electron chi connectivity index (χ4n) is 4.55. The Hall–Kier alpha value is -4.46. The van der Waals surface area contributed by atoms with Crippen molar-refractivity contribution in [2.75, 3.05) is 20.8 Å². The van der Waals surface area contributed by atoms with Crippen molar-refractivity contribution in [2.24, 2.45) is 0 Å². The molecule has 1 aliphatic heterocycles. The maximum Gasteiger partial charge on any atom is 0.290 e. The zero-order valence-electron chi connectivity index (χ0n) is 19.3. The van der Waals surface area contributed by atoms with Gasteiger partial charge in [-0.05, 0) is 60.0 Å². The molecule has 0 aliphatic carbocycles. The fourth-order valence-corrected chi connectivity index (χ4v) is 4.55. The number of Topliss-reactive ketones (excluding diaryl/α,β-unsaturated/α-hetero) is 1. The number of aliphatic hydroxyl groups is 1. The van der Waals surface area contributed by atoms with E-state index in [1.54, 1.807) is 44.6 Å². The molecule has 2 aromatic carbocycles. The van der Waals surface area contributed by atoms with Gasteiger partial charge in [0.1, 0.15) is 11.5 Å². The lowest BCUT2D eigenvalue weighted by Gasteiger charge is -2.27. The van der Waals surface area contributed by atoms with Crippen molar-refractivity contribution in [3.8, 4) is 11.5 Å². The first-order valence-corrected chi connectivity index (χ1v) is 11.1. The summed E-state index contributed by atoms with van der Waals surface area (Å²) in [4.78, 5) is 31.3. The summed E-state index contributed by atoms with van der Waals surface area (Å²) in [5, 5.41) is 11.8. The van der Waals surface area contributed by atoms with Crippen LogP contribution in [0.3, 0.4) is 0 Å². The number of rotatable bonds is 8. The molecule has 35 heavy (non-hydrogen) atoms. The third-order valence-corrected chi connectivity index (χ3v) is 6.30. The zero-order valence-corrected chi connectivity index (χ0v) is 19.3. The summed E-state index contributed by atoms with van der Waals surface area (Å²) in [6.07, 6.45) is 3.77. The standard InChI is InChI=1S/C27H24N2O6/c1-33-18-6-3-5-16(13-18)24-23(25(30)22-7-4-12-35-22)26(31)27(32)29(24)11-10-17-15-28-21-9-8-19(34-2)14-20(17)21/h3-9,12-15,24,28,31H,10-11H2,1-2H3. The molecule has 2 N–H and O–H groups in total. The predicted molar refractivity (Wildman–Crippen MR) is 129 cm³/mol. The van der Waals surface area contributed by atoms with Crippen LogP contribution in [0.25, 0.3) is 10.9 Å². The lowest BCUT2D eigenvalue weighted by Crippen LogP contribution is -2.33. The number of carbonyl (C=O) groups is 2. The number of amides is 1. The molecule has 3 heterocycles. The Morgan fingerprint density at radius 1 is 1.09 bits per heavy atom. The number of aromatic nitrogens is 1. The lowest BCUT2D eigenvalue weighted by molar-refractivity contribution is -0.129. The number of hydrogen-bond donors (Lipinski definition) is 2. The molecule has 1 amide bonds. The molecule has 0 radical (unpaired) electrons. The van der Waals surface area contributed by atoms with Crippen molar-refractivity contribution in [1.29, 1.82) is 0 Å². The van der Waals surface area contributed by atoms with E-state index in [0.717, 1.165) is 22.2 Å². The largest absolute Gasteiger partial charge is 0.503 e. The Morgan fingerprint density at radius 2 is 1.89 bits per heavy atom. The smallest absolute Gasteiger partial charge is 0.290 e. The van der Waals surface area contributed by atoms with Gasteiger partial charge in [-0.25, -0.2) is 0 Å². The Labute approximate surface area is 201 Å². The molecule has 0 fully saturated rings. The second-order valence-electron chi connectivity index (χ2n) is 8.22. The van der Waals surface area contributed by atoms with Gasteiger partial charge in [0.15, 0.2) is 11.5 Å². The van der Waals surface area contributed by atoms with Crippen LogP contribution in [0.1, 0.15) is 27.7 Å². The number of hydrogen-bond acceptors (Lipinski definition) is 6. The number of nitrogens with zero attached hydrogens (tertiary/aromatic N) is 1. The van der Waals surface area contributed by atoms with Gasteiger partial charge in [0.25, 0.3) is 5.91 Å². The van der Waals surface area contributed by atoms with Gasteiger partial charge in [0.05, 0.1) is 32.1 Å². The number of carbonyl (C=O) groups excluding carboxylic acids is 2. The highest BCUT2D eigenvalue weighted by atomic mass is 16.5. The number of aliphatic hydroxyl groups excluding tert-OH is 1. The van der Waals surface area contributed by atoms with E-state index in [-0.39, 0.29) is 17.9 Å². The van der Waals surface area contributed by atoms with Gasteiger partial charge in [-0.3, -0.25) is 9.59 Å². The van der Waals surface area contributed by atoms with Crippen molar-refractivity contribution in [3.05, 3.63) is 95.3 Å². The van der Waals surface area contributed by atoms with Gasteiger partial charge in [0, 0.05) is 23.6 Å². The Bertz CT molecular complexity index is 1430. The first kappa shape index (κ1) is 22.3. The fraction of sp³-hybridized carbons (Fsp3) is 0.185. The number of fused-ring (bicyclic) bond motifs is 1. The highest BCUT2D eigenvalue weighted by Gasteiger charge is 2.44. The van der Waals surface area contributed by atoms with Crippen LogP contribution in [0.15, 0.2) is 82.8 Å². The van der Waals surface area contributed by atoms with Crippen LogP contribution in [0.2, 0.25) is 0 Å². The molecular formula is C27H24N2O6. The van der Waals surface area contributed by atoms with Gasteiger partial charge in [-0.1, -0.05) is 12.1 Å². The number of ether oxygens (including phenoxy) is 2. The molecule has 178 valence electrons. The van der Waals surface area contributed by atoms with Gasteiger partial charge in [-0.15, -0.1) is 0 Å². The molecule has 0 bridgehead atoms. The number of ketones is 1. The minimum Gasteiger partial charge on any atom is -0.503 e. The Kier molecular flexibility index (Phi) is 5.78. The van der Waals surface area contributed by atoms with E-state index < -0.39 is 23.5 Å². The SMILES string of the molecule is COc1cccc(C2C(C(=O)c3ccco3)=C(O)C(=O)N2CCc2c[nH]c3ccc(OC)cc23)c1. The number of H-pyrrole nitrogens is 1. The van der Waals surface area contributed by atoms with Crippen molar-refractivity contribution >= 4 is 22.6 Å². The minimum absolute atomic E-state index is 0.0150. The number of benzene rings is 2. The number of furan rings is 1. The molecule has 0 saturated carbocycles. The monoisotopic (exact) mass is 472 g/mol. The van der Waals surface area contributed by atoms with Gasteiger partial charge < -0.3 is 28.9 Å².